The van der Waals surface area contributed by atoms with Gasteiger partial charge in [0.1, 0.15) is 5.82 Å². The fraction of sp³-hybridized carbons (Fsp3) is 0.364. The van der Waals surface area contributed by atoms with E-state index in [1.165, 1.54) is 17.0 Å². The molecule has 0 radical (unpaired) electrons. The average Bonchev–Trinajstić information content (AvgIpc) is 2.74. The van der Waals surface area contributed by atoms with E-state index in [0.29, 0.717) is 3.57 Å². The summed E-state index contributed by atoms with van der Waals surface area (Å²) < 4.78 is 43.2. The normalized spacial score (nSPS) is 14.5. The number of carbonyl (C=O) groups is 2. The zero-order valence-electron chi connectivity index (χ0n) is 17.5. The fourth-order valence-corrected chi connectivity index (χ4v) is 3.87. The molecule has 3 rings (SSSR count). The lowest BCUT2D eigenvalue weighted by molar-refractivity contribution is -0.123. The molecule has 2 aromatic carbocycles. The van der Waals surface area contributed by atoms with Crippen LogP contribution in [0.3, 0.4) is 0 Å². The molecule has 33 heavy (non-hydrogen) atoms. The number of aliphatic hydroxyl groups excluding tert-OH is 2. The number of benzene rings is 2. The standard InChI is InChI=1S/C22H23F3IN3O4/c23-16-3-2-15(21(20(16)25)28-18-4-1-13(26)8-17(18)24)22(33)29-9-12(10-29)7-19(32)27-6-5-14(31)11-30/h1-4,8,12,14,28,30-31H,5-7,9-11H2,(H,27,32). The Bertz CT molecular complexity index is 1030. The van der Waals surface area contributed by atoms with Crippen LogP contribution < -0.4 is 10.6 Å². The van der Waals surface area contributed by atoms with Crippen molar-refractivity contribution in [2.45, 2.75) is 18.9 Å². The molecule has 7 nitrogen and oxygen atoms in total. The predicted molar refractivity (Wildman–Crippen MR) is 123 cm³/mol. The minimum atomic E-state index is -1.29. The largest absolute Gasteiger partial charge is 0.394 e. The van der Waals surface area contributed by atoms with Gasteiger partial charge in [0.15, 0.2) is 11.6 Å². The summed E-state index contributed by atoms with van der Waals surface area (Å²) in [6.45, 7) is 0.339. The number of hydrogen-bond donors (Lipinski definition) is 4. The number of carbonyl (C=O) groups excluding carboxylic acids is 2. The number of anilines is 2. The third kappa shape index (κ3) is 6.36. The summed E-state index contributed by atoms with van der Waals surface area (Å²) in [5.74, 6) is -4.06. The van der Waals surface area contributed by atoms with Crippen LogP contribution in [0.25, 0.3) is 0 Å². The molecule has 2 amide bonds. The average molecular weight is 577 g/mol. The quantitative estimate of drug-likeness (QED) is 0.344. The number of likely N-dealkylation sites (tertiary alicyclic amines) is 1. The molecular weight excluding hydrogens is 554 g/mol. The van der Waals surface area contributed by atoms with E-state index in [0.717, 1.165) is 12.1 Å². The Morgan fingerprint density at radius 2 is 1.88 bits per heavy atom. The van der Waals surface area contributed by atoms with Crippen molar-refractivity contribution in [3.63, 3.8) is 0 Å². The highest BCUT2D eigenvalue weighted by Crippen LogP contribution is 2.31. The van der Waals surface area contributed by atoms with Crippen LogP contribution in [0.2, 0.25) is 0 Å². The van der Waals surface area contributed by atoms with Gasteiger partial charge in [-0.1, -0.05) is 0 Å². The number of nitrogens with one attached hydrogen (secondary N) is 2. The second-order valence-corrected chi connectivity index (χ2v) is 9.03. The Morgan fingerprint density at radius 1 is 1.15 bits per heavy atom. The van der Waals surface area contributed by atoms with E-state index in [9.17, 15) is 27.9 Å². The van der Waals surface area contributed by atoms with Gasteiger partial charge < -0.3 is 25.7 Å². The van der Waals surface area contributed by atoms with Crippen molar-refractivity contribution in [3.05, 3.63) is 56.9 Å². The molecule has 0 bridgehead atoms. The van der Waals surface area contributed by atoms with Gasteiger partial charge in [-0.2, -0.15) is 0 Å². The molecule has 0 spiro atoms. The smallest absolute Gasteiger partial charge is 0.256 e. The first kappa shape index (κ1) is 25.2. The van der Waals surface area contributed by atoms with Crippen LogP contribution >= 0.6 is 22.6 Å². The number of amides is 2. The van der Waals surface area contributed by atoms with Crippen LogP contribution in [0.4, 0.5) is 24.5 Å². The van der Waals surface area contributed by atoms with Crippen LogP contribution in [-0.2, 0) is 4.79 Å². The highest BCUT2D eigenvalue weighted by atomic mass is 127. The molecule has 1 atom stereocenters. The number of hydrogen-bond acceptors (Lipinski definition) is 5. The number of aliphatic hydroxyl groups is 2. The lowest BCUT2D eigenvalue weighted by atomic mass is 9.94. The SMILES string of the molecule is O=C(CC1CN(C(=O)c2ccc(F)c(F)c2Nc2ccc(I)cc2F)C1)NCCC(O)CO. The van der Waals surface area contributed by atoms with Crippen LogP contribution in [0.15, 0.2) is 30.3 Å². The Morgan fingerprint density at radius 3 is 2.55 bits per heavy atom. The first-order chi connectivity index (χ1) is 15.7. The van der Waals surface area contributed by atoms with Crippen molar-refractivity contribution in [1.29, 1.82) is 0 Å². The minimum absolute atomic E-state index is 0.0987. The minimum Gasteiger partial charge on any atom is -0.394 e. The molecule has 4 N–H and O–H groups in total. The Labute approximate surface area is 202 Å². The van der Waals surface area contributed by atoms with E-state index in [-0.39, 0.29) is 62.2 Å². The Kier molecular flexibility index (Phi) is 8.54. The van der Waals surface area contributed by atoms with Crippen LogP contribution in [-0.4, -0.2) is 59.3 Å². The van der Waals surface area contributed by atoms with Gasteiger partial charge in [0.05, 0.1) is 29.6 Å². The van der Waals surface area contributed by atoms with Crippen LogP contribution in [0.5, 0.6) is 0 Å². The molecule has 11 heteroatoms. The lowest BCUT2D eigenvalue weighted by Crippen LogP contribution is -2.51. The highest BCUT2D eigenvalue weighted by molar-refractivity contribution is 14.1. The van der Waals surface area contributed by atoms with Crippen LogP contribution in [0, 0.1) is 26.9 Å². The van der Waals surface area contributed by atoms with Crippen molar-refractivity contribution in [1.82, 2.24) is 10.2 Å². The zero-order valence-corrected chi connectivity index (χ0v) is 19.6. The van der Waals surface area contributed by atoms with E-state index >= 15 is 0 Å². The molecule has 0 saturated carbocycles. The second kappa shape index (κ2) is 11.2. The van der Waals surface area contributed by atoms with E-state index < -0.39 is 35.2 Å². The lowest BCUT2D eigenvalue weighted by Gasteiger charge is -2.39. The summed E-state index contributed by atoms with van der Waals surface area (Å²) in [5, 5.41) is 23.2. The van der Waals surface area contributed by atoms with Gasteiger partial charge in [0.25, 0.3) is 5.91 Å². The monoisotopic (exact) mass is 577 g/mol. The van der Waals surface area contributed by atoms with Gasteiger partial charge in [-0.3, -0.25) is 9.59 Å². The first-order valence-corrected chi connectivity index (χ1v) is 11.3. The molecule has 0 aliphatic carbocycles. The van der Waals surface area contributed by atoms with E-state index in [2.05, 4.69) is 10.6 Å². The molecule has 1 fully saturated rings. The fourth-order valence-electron chi connectivity index (χ4n) is 3.42. The summed E-state index contributed by atoms with van der Waals surface area (Å²) >= 11 is 1.91. The summed E-state index contributed by atoms with van der Waals surface area (Å²) in [5.41, 5.74) is -0.699. The van der Waals surface area contributed by atoms with Crippen molar-refractivity contribution in [2.75, 3.05) is 31.6 Å². The van der Waals surface area contributed by atoms with Crippen molar-refractivity contribution in [2.24, 2.45) is 5.92 Å². The molecule has 1 heterocycles. The Hall–Kier alpha value is -2.38. The highest BCUT2D eigenvalue weighted by Gasteiger charge is 2.34. The van der Waals surface area contributed by atoms with E-state index in [4.69, 9.17) is 5.11 Å². The van der Waals surface area contributed by atoms with Crippen LogP contribution in [0.1, 0.15) is 23.2 Å². The number of nitrogens with zero attached hydrogens (tertiary/aromatic N) is 1. The molecule has 1 saturated heterocycles. The summed E-state index contributed by atoms with van der Waals surface area (Å²) in [6.07, 6.45) is -0.505. The van der Waals surface area contributed by atoms with Gasteiger partial charge in [0, 0.05) is 35.5 Å². The molecule has 2 aromatic rings. The van der Waals surface area contributed by atoms with Gasteiger partial charge in [-0.25, -0.2) is 13.2 Å². The van der Waals surface area contributed by atoms with Crippen molar-refractivity contribution < 1.29 is 33.0 Å². The molecule has 0 aromatic heterocycles. The molecule has 1 unspecified atom stereocenters. The summed E-state index contributed by atoms with van der Waals surface area (Å²) in [4.78, 5) is 26.3. The number of rotatable bonds is 9. The summed E-state index contributed by atoms with van der Waals surface area (Å²) in [7, 11) is 0. The van der Waals surface area contributed by atoms with E-state index in [1.54, 1.807) is 6.07 Å². The van der Waals surface area contributed by atoms with Crippen molar-refractivity contribution in [3.8, 4) is 0 Å². The maximum atomic E-state index is 14.5. The van der Waals surface area contributed by atoms with Gasteiger partial charge in [-0.15, -0.1) is 0 Å². The van der Waals surface area contributed by atoms with E-state index in [1.807, 2.05) is 22.6 Å². The van der Waals surface area contributed by atoms with Gasteiger partial charge in [-0.05, 0) is 59.3 Å². The molecular formula is C22H23F3IN3O4. The zero-order chi connectivity index (χ0) is 24.1. The van der Waals surface area contributed by atoms with Gasteiger partial charge >= 0.3 is 0 Å². The number of halogens is 4. The Balaban J connectivity index is 1.63. The van der Waals surface area contributed by atoms with Gasteiger partial charge in [0.2, 0.25) is 5.91 Å². The first-order valence-electron chi connectivity index (χ1n) is 10.2. The molecule has 1 aliphatic rings. The second-order valence-electron chi connectivity index (χ2n) is 7.79. The maximum absolute atomic E-state index is 14.5. The molecule has 178 valence electrons. The van der Waals surface area contributed by atoms with Crippen molar-refractivity contribution >= 4 is 45.8 Å². The molecule has 1 aliphatic heterocycles. The maximum Gasteiger partial charge on any atom is 0.256 e. The third-order valence-corrected chi connectivity index (χ3v) is 5.92. The summed E-state index contributed by atoms with van der Waals surface area (Å²) in [6, 6.07) is 6.15. The topological polar surface area (TPSA) is 102 Å². The third-order valence-electron chi connectivity index (χ3n) is 5.24. The predicted octanol–water partition coefficient (Wildman–Crippen LogP) is 2.77.